The number of aromatic nitrogens is 2. The van der Waals surface area contributed by atoms with E-state index in [4.69, 9.17) is 25.8 Å². The SMILES string of the molecule is CC(C)C(N)C(=O)Nc1ccn(COC(CO)C(O)O)c(=O)n1. The van der Waals surface area contributed by atoms with Crippen LogP contribution < -0.4 is 16.7 Å². The number of aliphatic hydroxyl groups is 3. The maximum Gasteiger partial charge on any atom is 0.351 e. The van der Waals surface area contributed by atoms with Gasteiger partial charge in [-0.1, -0.05) is 13.8 Å². The second-order valence-electron chi connectivity index (χ2n) is 5.25. The molecule has 130 valence electrons. The Morgan fingerprint density at radius 2 is 2.13 bits per heavy atom. The van der Waals surface area contributed by atoms with Crippen LogP contribution in [0.25, 0.3) is 0 Å². The first-order valence-corrected chi connectivity index (χ1v) is 6.98. The van der Waals surface area contributed by atoms with Crippen molar-refractivity contribution in [1.82, 2.24) is 9.55 Å². The van der Waals surface area contributed by atoms with E-state index in [1.807, 2.05) is 0 Å². The van der Waals surface area contributed by atoms with E-state index in [1.54, 1.807) is 13.8 Å². The van der Waals surface area contributed by atoms with Crippen molar-refractivity contribution >= 4 is 11.7 Å². The molecule has 0 bridgehead atoms. The van der Waals surface area contributed by atoms with Crippen molar-refractivity contribution in [2.45, 2.75) is 39.0 Å². The van der Waals surface area contributed by atoms with Crippen molar-refractivity contribution in [2.24, 2.45) is 11.7 Å². The van der Waals surface area contributed by atoms with Crippen LogP contribution in [0.3, 0.4) is 0 Å². The zero-order valence-electron chi connectivity index (χ0n) is 12.9. The minimum absolute atomic E-state index is 0.0493. The van der Waals surface area contributed by atoms with Gasteiger partial charge in [-0.05, 0) is 12.0 Å². The van der Waals surface area contributed by atoms with Crippen molar-refractivity contribution in [2.75, 3.05) is 11.9 Å². The lowest BCUT2D eigenvalue weighted by Crippen LogP contribution is -2.40. The minimum atomic E-state index is -1.88. The topological polar surface area (TPSA) is 160 Å². The van der Waals surface area contributed by atoms with Gasteiger partial charge in [-0.25, -0.2) is 4.79 Å². The summed E-state index contributed by atoms with van der Waals surface area (Å²) in [5.74, 6) is -0.470. The molecule has 23 heavy (non-hydrogen) atoms. The number of carbonyl (C=O) groups is 1. The molecule has 1 rings (SSSR count). The smallest absolute Gasteiger partial charge is 0.351 e. The van der Waals surface area contributed by atoms with E-state index in [0.717, 1.165) is 4.57 Å². The predicted molar refractivity (Wildman–Crippen MR) is 80.1 cm³/mol. The Balaban J connectivity index is 2.71. The highest BCUT2D eigenvalue weighted by molar-refractivity contribution is 5.93. The maximum absolute atomic E-state index is 11.8. The van der Waals surface area contributed by atoms with E-state index in [-0.39, 0.29) is 18.5 Å². The van der Waals surface area contributed by atoms with Crippen LogP contribution >= 0.6 is 0 Å². The van der Waals surface area contributed by atoms with Gasteiger partial charge in [0.2, 0.25) is 5.91 Å². The highest BCUT2D eigenvalue weighted by Crippen LogP contribution is 2.04. The Labute approximate surface area is 132 Å². The molecular formula is C13H22N4O6. The number of nitrogens with zero attached hydrogens (tertiary/aromatic N) is 2. The Kier molecular flexibility index (Phi) is 7.26. The largest absolute Gasteiger partial charge is 0.393 e. The number of hydrogen-bond donors (Lipinski definition) is 5. The van der Waals surface area contributed by atoms with E-state index in [2.05, 4.69) is 10.3 Å². The predicted octanol–water partition coefficient (Wildman–Crippen LogP) is -2.19. The van der Waals surface area contributed by atoms with Crippen LogP contribution in [0.1, 0.15) is 13.8 Å². The zero-order chi connectivity index (χ0) is 17.6. The molecule has 2 unspecified atom stereocenters. The molecule has 10 heteroatoms. The molecule has 0 spiro atoms. The molecule has 2 atom stereocenters. The average Bonchev–Trinajstić information content (AvgIpc) is 2.48. The number of nitrogens with one attached hydrogen (secondary N) is 1. The molecule has 0 radical (unpaired) electrons. The zero-order valence-corrected chi connectivity index (χ0v) is 12.9. The van der Waals surface area contributed by atoms with Crippen LogP contribution in [0, 0.1) is 5.92 Å². The van der Waals surface area contributed by atoms with Crippen molar-refractivity contribution < 1.29 is 24.9 Å². The van der Waals surface area contributed by atoms with Crippen molar-refractivity contribution in [3.63, 3.8) is 0 Å². The molecule has 1 aromatic rings. The molecule has 0 fully saturated rings. The molecule has 0 saturated heterocycles. The van der Waals surface area contributed by atoms with Gasteiger partial charge in [0.25, 0.3) is 0 Å². The molecule has 6 N–H and O–H groups in total. The standard InChI is InChI=1S/C13H22N4O6/c1-7(2)10(14)11(19)15-9-3-4-17(13(22)16-9)6-23-8(5-18)12(20)21/h3-4,7-8,10,12,18,20-21H,5-6,14H2,1-2H3,(H,15,16,19,22). The van der Waals surface area contributed by atoms with Gasteiger partial charge in [-0.3, -0.25) is 9.36 Å². The Morgan fingerprint density at radius 3 is 2.61 bits per heavy atom. The Morgan fingerprint density at radius 1 is 1.48 bits per heavy atom. The lowest BCUT2D eigenvalue weighted by atomic mass is 10.1. The number of rotatable bonds is 8. The fourth-order valence-electron chi connectivity index (χ4n) is 1.52. The maximum atomic E-state index is 11.8. The van der Waals surface area contributed by atoms with Crippen molar-refractivity contribution in [3.05, 3.63) is 22.7 Å². The van der Waals surface area contributed by atoms with E-state index >= 15 is 0 Å². The number of nitrogens with two attached hydrogens (primary N) is 1. The van der Waals surface area contributed by atoms with E-state index in [9.17, 15) is 9.59 Å². The summed E-state index contributed by atoms with van der Waals surface area (Å²) in [4.78, 5) is 27.2. The summed E-state index contributed by atoms with van der Waals surface area (Å²) < 4.78 is 6.01. The van der Waals surface area contributed by atoms with Gasteiger partial charge in [-0.2, -0.15) is 4.98 Å². The van der Waals surface area contributed by atoms with Crippen LogP contribution in [-0.2, 0) is 16.3 Å². The summed E-state index contributed by atoms with van der Waals surface area (Å²) in [5, 5.41) is 29.1. The van der Waals surface area contributed by atoms with E-state index in [0.29, 0.717) is 0 Å². The minimum Gasteiger partial charge on any atom is -0.393 e. The van der Waals surface area contributed by atoms with Gasteiger partial charge in [0.05, 0.1) is 12.6 Å². The van der Waals surface area contributed by atoms with Crippen LogP contribution in [0.5, 0.6) is 0 Å². The lowest BCUT2D eigenvalue weighted by Gasteiger charge is -2.18. The number of carbonyl (C=O) groups excluding carboxylic acids is 1. The van der Waals surface area contributed by atoms with Gasteiger partial charge < -0.3 is 31.1 Å². The summed E-state index contributed by atoms with van der Waals surface area (Å²) in [6.45, 7) is 2.62. The van der Waals surface area contributed by atoms with Gasteiger partial charge in [-0.15, -0.1) is 0 Å². The Bertz CT molecular complexity index is 574. The van der Waals surface area contributed by atoms with Crippen LogP contribution in [-0.4, -0.2) is 55.8 Å². The molecule has 0 aliphatic carbocycles. The monoisotopic (exact) mass is 330 g/mol. The van der Waals surface area contributed by atoms with E-state index < -0.39 is 36.6 Å². The normalized spacial score (nSPS) is 14.1. The molecular weight excluding hydrogens is 308 g/mol. The van der Waals surface area contributed by atoms with Gasteiger partial charge in [0.15, 0.2) is 6.29 Å². The summed E-state index contributed by atoms with van der Waals surface area (Å²) in [5.41, 5.74) is 4.97. The highest BCUT2D eigenvalue weighted by Gasteiger charge is 2.18. The third-order valence-corrected chi connectivity index (χ3v) is 3.09. The third-order valence-electron chi connectivity index (χ3n) is 3.09. The summed E-state index contributed by atoms with van der Waals surface area (Å²) in [6.07, 6.45) is -1.81. The number of amides is 1. The third kappa shape index (κ3) is 5.69. The second kappa shape index (κ2) is 8.70. The molecule has 0 aliphatic rings. The van der Waals surface area contributed by atoms with Crippen LogP contribution in [0.15, 0.2) is 17.1 Å². The number of aliphatic hydroxyl groups excluding tert-OH is 2. The van der Waals surface area contributed by atoms with Crippen LogP contribution in [0.2, 0.25) is 0 Å². The first kappa shape index (κ1) is 19.2. The fourth-order valence-corrected chi connectivity index (χ4v) is 1.52. The number of anilines is 1. The first-order valence-electron chi connectivity index (χ1n) is 6.98. The quantitative estimate of drug-likeness (QED) is 0.336. The van der Waals surface area contributed by atoms with Crippen molar-refractivity contribution in [1.29, 1.82) is 0 Å². The molecule has 1 amide bonds. The van der Waals surface area contributed by atoms with Gasteiger partial charge in [0, 0.05) is 6.20 Å². The van der Waals surface area contributed by atoms with Gasteiger partial charge in [0.1, 0.15) is 18.7 Å². The molecule has 0 aromatic carbocycles. The fraction of sp³-hybridized carbons (Fsp3) is 0.615. The molecule has 1 heterocycles. The van der Waals surface area contributed by atoms with Crippen molar-refractivity contribution in [3.8, 4) is 0 Å². The molecule has 10 nitrogen and oxygen atoms in total. The average molecular weight is 330 g/mol. The summed E-state index contributed by atoms with van der Waals surface area (Å²) in [6, 6.07) is 0.651. The van der Waals surface area contributed by atoms with Crippen LogP contribution in [0.4, 0.5) is 5.82 Å². The first-order chi connectivity index (χ1) is 10.8. The Hall–Kier alpha value is -1.85. The van der Waals surface area contributed by atoms with Gasteiger partial charge >= 0.3 is 5.69 Å². The summed E-state index contributed by atoms with van der Waals surface area (Å²) >= 11 is 0. The molecule has 0 aliphatic heterocycles. The number of hydrogen-bond acceptors (Lipinski definition) is 8. The number of ether oxygens (including phenoxy) is 1. The molecule has 0 saturated carbocycles. The summed E-state index contributed by atoms with van der Waals surface area (Å²) in [7, 11) is 0. The highest BCUT2D eigenvalue weighted by atomic mass is 16.6. The van der Waals surface area contributed by atoms with E-state index in [1.165, 1.54) is 12.3 Å². The molecule has 1 aromatic heterocycles. The lowest BCUT2D eigenvalue weighted by molar-refractivity contribution is -0.171. The second-order valence-corrected chi connectivity index (χ2v) is 5.25.